The van der Waals surface area contributed by atoms with Crippen LogP contribution in [0.4, 0.5) is 8.78 Å². The SMILES string of the molecule is OB(O)c1ccc(OCCc2ccc(F)cc2)cc1F. The zero-order chi connectivity index (χ0) is 14.5. The highest BCUT2D eigenvalue weighted by molar-refractivity contribution is 6.58. The largest absolute Gasteiger partial charge is 0.493 e. The van der Waals surface area contributed by atoms with Gasteiger partial charge >= 0.3 is 7.12 Å². The second kappa shape index (κ2) is 6.50. The van der Waals surface area contributed by atoms with Crippen LogP contribution in [-0.4, -0.2) is 23.8 Å². The summed E-state index contributed by atoms with van der Waals surface area (Å²) in [5.41, 5.74) is 0.713. The van der Waals surface area contributed by atoms with E-state index in [4.69, 9.17) is 14.8 Å². The Balaban J connectivity index is 1.91. The Labute approximate surface area is 115 Å². The van der Waals surface area contributed by atoms with Crippen LogP contribution >= 0.6 is 0 Å². The van der Waals surface area contributed by atoms with Crippen molar-refractivity contribution in [3.63, 3.8) is 0 Å². The minimum absolute atomic E-state index is 0.198. The van der Waals surface area contributed by atoms with E-state index in [0.29, 0.717) is 18.8 Å². The Kier molecular flexibility index (Phi) is 4.71. The van der Waals surface area contributed by atoms with Crippen LogP contribution in [0.1, 0.15) is 5.56 Å². The zero-order valence-corrected chi connectivity index (χ0v) is 10.6. The van der Waals surface area contributed by atoms with Crippen molar-refractivity contribution in [2.75, 3.05) is 6.61 Å². The van der Waals surface area contributed by atoms with E-state index in [2.05, 4.69) is 0 Å². The topological polar surface area (TPSA) is 49.7 Å². The van der Waals surface area contributed by atoms with Gasteiger partial charge in [-0.3, -0.25) is 0 Å². The number of hydrogen-bond acceptors (Lipinski definition) is 3. The number of benzene rings is 2. The first-order chi connectivity index (χ1) is 9.56. The summed E-state index contributed by atoms with van der Waals surface area (Å²) in [6.45, 7) is 0.312. The predicted molar refractivity (Wildman–Crippen MR) is 71.8 cm³/mol. The minimum atomic E-state index is -1.84. The molecule has 104 valence electrons. The van der Waals surface area contributed by atoms with Crippen molar-refractivity contribution in [2.45, 2.75) is 6.42 Å². The fourth-order valence-electron chi connectivity index (χ4n) is 1.74. The number of rotatable bonds is 5. The van der Waals surface area contributed by atoms with E-state index in [-0.39, 0.29) is 11.3 Å². The molecule has 6 heteroatoms. The highest BCUT2D eigenvalue weighted by Crippen LogP contribution is 2.12. The van der Waals surface area contributed by atoms with Crippen molar-refractivity contribution >= 4 is 12.6 Å². The molecule has 0 aromatic heterocycles. The van der Waals surface area contributed by atoms with Crippen LogP contribution in [-0.2, 0) is 6.42 Å². The van der Waals surface area contributed by atoms with E-state index in [1.807, 2.05) is 0 Å². The summed E-state index contributed by atoms with van der Waals surface area (Å²) >= 11 is 0. The van der Waals surface area contributed by atoms with Crippen LogP contribution in [0.2, 0.25) is 0 Å². The molecule has 2 aromatic carbocycles. The standard InChI is InChI=1S/C14H13BF2O3/c16-11-3-1-10(2-4-11)7-8-20-12-5-6-13(15(18)19)14(17)9-12/h1-6,9,18-19H,7-8H2. The lowest BCUT2D eigenvalue weighted by atomic mass is 9.80. The van der Waals surface area contributed by atoms with E-state index in [9.17, 15) is 8.78 Å². The van der Waals surface area contributed by atoms with Crippen LogP contribution in [0.5, 0.6) is 5.75 Å². The van der Waals surface area contributed by atoms with E-state index in [0.717, 1.165) is 11.6 Å². The molecule has 2 rings (SSSR count). The van der Waals surface area contributed by atoms with Gasteiger partial charge in [0.2, 0.25) is 0 Å². The van der Waals surface area contributed by atoms with Gasteiger partial charge in [-0.1, -0.05) is 18.2 Å². The Hall–Kier alpha value is -1.92. The van der Waals surface area contributed by atoms with Crippen LogP contribution in [0.15, 0.2) is 42.5 Å². The van der Waals surface area contributed by atoms with Crippen LogP contribution in [0.25, 0.3) is 0 Å². The molecule has 0 fully saturated rings. The molecule has 0 atom stereocenters. The third kappa shape index (κ3) is 3.79. The molecule has 20 heavy (non-hydrogen) atoms. The number of hydrogen-bond donors (Lipinski definition) is 2. The summed E-state index contributed by atoms with van der Waals surface area (Å²) in [5.74, 6) is -0.733. The second-order valence-electron chi connectivity index (χ2n) is 4.28. The van der Waals surface area contributed by atoms with Gasteiger partial charge in [0.1, 0.15) is 17.4 Å². The molecular weight excluding hydrogens is 265 g/mol. The normalized spacial score (nSPS) is 10.4. The highest BCUT2D eigenvalue weighted by atomic mass is 19.1. The molecule has 0 aliphatic heterocycles. The first-order valence-corrected chi connectivity index (χ1v) is 6.09. The Morgan fingerprint density at radius 1 is 1.00 bits per heavy atom. The van der Waals surface area contributed by atoms with Crippen molar-refractivity contribution in [1.82, 2.24) is 0 Å². The third-order valence-electron chi connectivity index (χ3n) is 2.82. The molecular formula is C14H13BF2O3. The van der Waals surface area contributed by atoms with Crippen LogP contribution in [0, 0.1) is 11.6 Å². The van der Waals surface area contributed by atoms with Gasteiger partial charge in [0.15, 0.2) is 0 Å². The lowest BCUT2D eigenvalue weighted by Crippen LogP contribution is -2.32. The van der Waals surface area contributed by atoms with Gasteiger partial charge in [0, 0.05) is 17.9 Å². The molecule has 0 amide bonds. The maximum Gasteiger partial charge on any atom is 0.491 e. The summed E-state index contributed by atoms with van der Waals surface area (Å²) in [5, 5.41) is 17.8. The lowest BCUT2D eigenvalue weighted by molar-refractivity contribution is 0.320. The van der Waals surface area contributed by atoms with E-state index < -0.39 is 12.9 Å². The molecule has 0 saturated heterocycles. The quantitative estimate of drug-likeness (QED) is 0.810. The smallest absolute Gasteiger partial charge is 0.491 e. The fourth-order valence-corrected chi connectivity index (χ4v) is 1.74. The van der Waals surface area contributed by atoms with Crippen molar-refractivity contribution < 1.29 is 23.6 Å². The van der Waals surface area contributed by atoms with Gasteiger partial charge in [0.25, 0.3) is 0 Å². The second-order valence-corrected chi connectivity index (χ2v) is 4.28. The summed E-state index contributed by atoms with van der Waals surface area (Å²) in [7, 11) is -1.84. The van der Waals surface area contributed by atoms with Crippen molar-refractivity contribution in [3.05, 3.63) is 59.7 Å². The van der Waals surface area contributed by atoms with Crippen molar-refractivity contribution in [3.8, 4) is 5.75 Å². The monoisotopic (exact) mass is 278 g/mol. The molecule has 0 aliphatic carbocycles. The van der Waals surface area contributed by atoms with E-state index in [1.54, 1.807) is 12.1 Å². The van der Waals surface area contributed by atoms with Gasteiger partial charge < -0.3 is 14.8 Å². The first kappa shape index (κ1) is 14.5. The molecule has 2 aromatic rings. The Morgan fingerprint density at radius 2 is 1.70 bits per heavy atom. The molecule has 0 heterocycles. The zero-order valence-electron chi connectivity index (χ0n) is 10.6. The van der Waals surface area contributed by atoms with Gasteiger partial charge in [-0.25, -0.2) is 8.78 Å². The molecule has 0 bridgehead atoms. The molecule has 0 unspecified atom stereocenters. The molecule has 3 nitrogen and oxygen atoms in total. The summed E-state index contributed by atoms with van der Waals surface area (Å²) in [6.07, 6.45) is 0.562. The van der Waals surface area contributed by atoms with Crippen molar-refractivity contribution in [2.24, 2.45) is 0 Å². The number of ether oxygens (including phenoxy) is 1. The highest BCUT2D eigenvalue weighted by Gasteiger charge is 2.16. The minimum Gasteiger partial charge on any atom is -0.493 e. The predicted octanol–water partition coefficient (Wildman–Crippen LogP) is 1.27. The molecule has 2 N–H and O–H groups in total. The maximum absolute atomic E-state index is 13.5. The lowest BCUT2D eigenvalue weighted by Gasteiger charge is -2.08. The van der Waals surface area contributed by atoms with Gasteiger partial charge in [-0.05, 0) is 23.8 Å². The van der Waals surface area contributed by atoms with Crippen LogP contribution in [0.3, 0.4) is 0 Å². The third-order valence-corrected chi connectivity index (χ3v) is 2.82. The molecule has 0 spiro atoms. The summed E-state index contributed by atoms with van der Waals surface area (Å²) in [6, 6.07) is 9.86. The fraction of sp³-hybridized carbons (Fsp3) is 0.143. The number of halogens is 2. The van der Waals surface area contributed by atoms with Gasteiger partial charge in [0.05, 0.1) is 6.61 Å². The summed E-state index contributed by atoms with van der Waals surface area (Å²) < 4.78 is 31.5. The average Bonchev–Trinajstić information content (AvgIpc) is 2.41. The van der Waals surface area contributed by atoms with Crippen molar-refractivity contribution in [1.29, 1.82) is 0 Å². The first-order valence-electron chi connectivity index (χ1n) is 6.09. The molecule has 0 saturated carbocycles. The van der Waals surface area contributed by atoms with Gasteiger partial charge in [-0.15, -0.1) is 0 Å². The molecule has 0 aliphatic rings. The Bertz CT molecular complexity index is 573. The Morgan fingerprint density at radius 3 is 2.30 bits per heavy atom. The molecule has 0 radical (unpaired) electrons. The average molecular weight is 278 g/mol. The van der Waals surface area contributed by atoms with E-state index in [1.165, 1.54) is 24.3 Å². The summed E-state index contributed by atoms with van der Waals surface area (Å²) in [4.78, 5) is 0. The van der Waals surface area contributed by atoms with Crippen LogP contribution < -0.4 is 10.2 Å². The van der Waals surface area contributed by atoms with E-state index >= 15 is 0 Å². The maximum atomic E-state index is 13.5. The van der Waals surface area contributed by atoms with Gasteiger partial charge in [-0.2, -0.15) is 0 Å².